The van der Waals surface area contributed by atoms with E-state index in [4.69, 9.17) is 0 Å². The largest absolute Gasteiger partial charge is 0.337 e. The summed E-state index contributed by atoms with van der Waals surface area (Å²) in [7, 11) is 2.02. The van der Waals surface area contributed by atoms with Crippen LogP contribution in [0.15, 0.2) is 24.5 Å². The highest BCUT2D eigenvalue weighted by atomic mass is 16.2. The fraction of sp³-hybridized carbons (Fsp3) is 0.438. The first-order valence-corrected chi connectivity index (χ1v) is 7.27. The fourth-order valence-corrected chi connectivity index (χ4v) is 3.03. The number of aromatic nitrogens is 3. The van der Waals surface area contributed by atoms with Crippen molar-refractivity contribution >= 4 is 5.91 Å². The smallest absolute Gasteiger partial charge is 0.272 e. The van der Waals surface area contributed by atoms with Gasteiger partial charge in [0.15, 0.2) is 0 Å². The molecule has 0 aliphatic carbocycles. The standard InChI is InChI=1S/C16H20N4O/c1-11-5-4-7-17-14(11)16(21)20-8-6-13(10-20)15-18-12(2)9-19(15)3/h4-5,7,9,13H,6,8,10H2,1-3H3/t13-/m1/s1. The van der Waals surface area contributed by atoms with Crippen molar-refractivity contribution in [2.24, 2.45) is 7.05 Å². The lowest BCUT2D eigenvalue weighted by molar-refractivity contribution is 0.0784. The molecule has 0 spiro atoms. The van der Waals surface area contributed by atoms with Crippen LogP contribution in [0.5, 0.6) is 0 Å². The van der Waals surface area contributed by atoms with Crippen LogP contribution < -0.4 is 0 Å². The second kappa shape index (κ2) is 5.31. The molecule has 1 aliphatic heterocycles. The van der Waals surface area contributed by atoms with Crippen molar-refractivity contribution in [2.75, 3.05) is 13.1 Å². The summed E-state index contributed by atoms with van der Waals surface area (Å²) in [4.78, 5) is 23.3. The number of rotatable bonds is 2. The van der Waals surface area contributed by atoms with Crippen molar-refractivity contribution in [1.29, 1.82) is 0 Å². The third-order valence-corrected chi connectivity index (χ3v) is 4.09. The van der Waals surface area contributed by atoms with Crippen molar-refractivity contribution in [3.8, 4) is 0 Å². The van der Waals surface area contributed by atoms with Crippen molar-refractivity contribution < 1.29 is 4.79 Å². The van der Waals surface area contributed by atoms with Gasteiger partial charge in [0.05, 0.1) is 5.69 Å². The number of carbonyl (C=O) groups excluding carboxylic acids is 1. The Bertz CT molecular complexity index is 677. The van der Waals surface area contributed by atoms with Crippen LogP contribution in [0.25, 0.3) is 0 Å². The summed E-state index contributed by atoms with van der Waals surface area (Å²) in [5, 5.41) is 0. The summed E-state index contributed by atoms with van der Waals surface area (Å²) in [6.07, 6.45) is 4.67. The summed E-state index contributed by atoms with van der Waals surface area (Å²) < 4.78 is 2.07. The lowest BCUT2D eigenvalue weighted by Gasteiger charge is -2.17. The molecular formula is C16H20N4O. The second-order valence-electron chi connectivity index (χ2n) is 5.76. The topological polar surface area (TPSA) is 51.0 Å². The van der Waals surface area contributed by atoms with Crippen LogP contribution in [0.3, 0.4) is 0 Å². The number of hydrogen-bond donors (Lipinski definition) is 0. The maximum atomic E-state index is 12.6. The molecule has 1 atom stereocenters. The van der Waals surface area contributed by atoms with Crippen molar-refractivity contribution in [2.45, 2.75) is 26.2 Å². The van der Waals surface area contributed by atoms with Gasteiger partial charge in [0.1, 0.15) is 11.5 Å². The van der Waals surface area contributed by atoms with Gasteiger partial charge in [-0.1, -0.05) is 6.07 Å². The van der Waals surface area contributed by atoms with Crippen LogP contribution in [-0.4, -0.2) is 38.4 Å². The third kappa shape index (κ3) is 2.55. The van der Waals surface area contributed by atoms with E-state index in [1.165, 1.54) is 0 Å². The molecule has 3 heterocycles. The van der Waals surface area contributed by atoms with Gasteiger partial charge in [0.25, 0.3) is 5.91 Å². The zero-order valence-corrected chi connectivity index (χ0v) is 12.7. The molecule has 1 amide bonds. The van der Waals surface area contributed by atoms with E-state index in [1.54, 1.807) is 6.20 Å². The number of carbonyl (C=O) groups is 1. The lowest BCUT2D eigenvalue weighted by Crippen LogP contribution is -2.30. The molecule has 0 radical (unpaired) electrons. The van der Waals surface area contributed by atoms with E-state index in [0.717, 1.165) is 36.6 Å². The van der Waals surface area contributed by atoms with E-state index < -0.39 is 0 Å². The van der Waals surface area contributed by atoms with Gasteiger partial charge in [-0.25, -0.2) is 4.98 Å². The molecule has 0 aromatic carbocycles. The van der Waals surface area contributed by atoms with Gasteiger partial charge in [-0.2, -0.15) is 0 Å². The molecule has 5 heteroatoms. The number of pyridine rings is 1. The highest BCUT2D eigenvalue weighted by Crippen LogP contribution is 2.27. The number of nitrogens with zero attached hydrogens (tertiary/aromatic N) is 4. The molecule has 0 unspecified atom stereocenters. The van der Waals surface area contributed by atoms with Gasteiger partial charge in [-0.3, -0.25) is 9.78 Å². The SMILES string of the molecule is Cc1cn(C)c([C@@H]2CCN(C(=O)c3ncccc3C)C2)n1. The molecule has 0 N–H and O–H groups in total. The normalized spacial score (nSPS) is 18.2. The van der Waals surface area contributed by atoms with Crippen molar-refractivity contribution in [3.63, 3.8) is 0 Å². The Morgan fingerprint density at radius 3 is 2.86 bits per heavy atom. The van der Waals surface area contributed by atoms with Crippen LogP contribution in [0.2, 0.25) is 0 Å². The van der Waals surface area contributed by atoms with Crippen molar-refractivity contribution in [1.82, 2.24) is 19.4 Å². The minimum atomic E-state index is 0.0292. The Morgan fingerprint density at radius 2 is 2.19 bits per heavy atom. The highest BCUT2D eigenvalue weighted by Gasteiger charge is 2.31. The molecule has 1 aliphatic rings. The molecule has 2 aromatic heterocycles. The lowest BCUT2D eigenvalue weighted by atomic mass is 10.1. The summed E-state index contributed by atoms with van der Waals surface area (Å²) >= 11 is 0. The van der Waals surface area contributed by atoms with Crippen molar-refractivity contribution in [3.05, 3.63) is 47.3 Å². The Balaban J connectivity index is 1.77. The Labute approximate surface area is 124 Å². The van der Waals surface area contributed by atoms with E-state index in [0.29, 0.717) is 11.6 Å². The summed E-state index contributed by atoms with van der Waals surface area (Å²) in [6, 6.07) is 3.78. The zero-order valence-electron chi connectivity index (χ0n) is 12.7. The molecule has 110 valence electrons. The molecular weight excluding hydrogens is 264 g/mol. The highest BCUT2D eigenvalue weighted by molar-refractivity contribution is 5.93. The van der Waals surface area contributed by atoms with Gasteiger partial charge in [0, 0.05) is 38.4 Å². The fourth-order valence-electron chi connectivity index (χ4n) is 3.03. The van der Waals surface area contributed by atoms with E-state index >= 15 is 0 Å². The Morgan fingerprint density at radius 1 is 1.38 bits per heavy atom. The number of hydrogen-bond acceptors (Lipinski definition) is 3. The third-order valence-electron chi connectivity index (χ3n) is 4.09. The van der Waals surface area contributed by atoms with Gasteiger partial charge < -0.3 is 9.47 Å². The van der Waals surface area contributed by atoms with Gasteiger partial charge in [-0.05, 0) is 31.9 Å². The van der Waals surface area contributed by atoms with Crippen LogP contribution in [0.4, 0.5) is 0 Å². The molecule has 1 fully saturated rings. The van der Waals surface area contributed by atoms with E-state index in [9.17, 15) is 4.79 Å². The predicted molar refractivity (Wildman–Crippen MR) is 80.2 cm³/mol. The molecule has 21 heavy (non-hydrogen) atoms. The number of likely N-dealkylation sites (tertiary alicyclic amines) is 1. The first-order chi connectivity index (χ1) is 10.1. The molecule has 2 aromatic rings. The van der Waals surface area contributed by atoms with Gasteiger partial charge in [-0.15, -0.1) is 0 Å². The van der Waals surface area contributed by atoms with E-state index in [2.05, 4.69) is 14.5 Å². The molecule has 0 saturated carbocycles. The van der Waals surface area contributed by atoms with E-state index in [-0.39, 0.29) is 5.91 Å². The molecule has 5 nitrogen and oxygen atoms in total. The number of aryl methyl sites for hydroxylation is 3. The molecule has 3 rings (SSSR count). The van der Waals surface area contributed by atoms with Crippen LogP contribution in [0.1, 0.15) is 39.9 Å². The van der Waals surface area contributed by atoms with Crippen LogP contribution in [-0.2, 0) is 7.05 Å². The zero-order chi connectivity index (χ0) is 15.0. The minimum absolute atomic E-state index is 0.0292. The predicted octanol–water partition coefficient (Wildman–Crippen LogP) is 2.06. The van der Waals surface area contributed by atoms with Gasteiger partial charge >= 0.3 is 0 Å². The monoisotopic (exact) mass is 284 g/mol. The maximum Gasteiger partial charge on any atom is 0.272 e. The summed E-state index contributed by atoms with van der Waals surface area (Å²) in [5.74, 6) is 1.42. The Kier molecular flexibility index (Phi) is 3.49. The van der Waals surface area contributed by atoms with E-state index in [1.807, 2.05) is 44.1 Å². The maximum absolute atomic E-state index is 12.6. The average Bonchev–Trinajstić information content (AvgIpc) is 3.05. The summed E-state index contributed by atoms with van der Waals surface area (Å²) in [6.45, 7) is 5.42. The first-order valence-electron chi connectivity index (χ1n) is 7.27. The average molecular weight is 284 g/mol. The van der Waals surface area contributed by atoms with Gasteiger partial charge in [0.2, 0.25) is 0 Å². The van der Waals surface area contributed by atoms with Crippen LogP contribution >= 0.6 is 0 Å². The number of amides is 1. The Hall–Kier alpha value is -2.17. The second-order valence-corrected chi connectivity index (χ2v) is 5.76. The molecule has 0 bridgehead atoms. The molecule has 1 saturated heterocycles. The minimum Gasteiger partial charge on any atom is -0.337 e. The van der Waals surface area contributed by atoms with Crippen LogP contribution in [0, 0.1) is 13.8 Å². The first kappa shape index (κ1) is 13.8. The quantitative estimate of drug-likeness (QED) is 0.848. The number of imidazole rings is 1. The summed E-state index contributed by atoms with van der Waals surface area (Å²) in [5.41, 5.74) is 2.52.